The minimum Gasteiger partial charge on any atom is -0.466 e. The van der Waals surface area contributed by atoms with E-state index in [1.165, 1.54) is 13.2 Å². The number of aromatic nitrogens is 3. The van der Waals surface area contributed by atoms with E-state index < -0.39 is 5.97 Å². The second-order valence-electron chi connectivity index (χ2n) is 2.87. The molecule has 0 aliphatic heterocycles. The molecule has 2 rings (SSSR count). The fourth-order valence-corrected chi connectivity index (χ4v) is 1.22. The molecule has 0 aliphatic rings. The fraction of sp³-hybridized carbons (Fsp3) is 0.100. The molecule has 76 valence electrons. The van der Waals surface area contributed by atoms with Crippen LogP contribution in [0, 0.1) is 0 Å². The van der Waals surface area contributed by atoms with Crippen LogP contribution in [0.3, 0.4) is 0 Å². The second-order valence-corrected chi connectivity index (χ2v) is 2.87. The van der Waals surface area contributed by atoms with Gasteiger partial charge in [-0.25, -0.2) is 9.78 Å². The number of ether oxygens (including phenoxy) is 1. The topological polar surface area (TPSA) is 67.9 Å². The van der Waals surface area contributed by atoms with Gasteiger partial charge in [-0.3, -0.25) is 5.10 Å². The second kappa shape index (κ2) is 3.91. The number of carbonyl (C=O) groups excluding carboxylic acids is 1. The van der Waals surface area contributed by atoms with Crippen molar-refractivity contribution in [3.63, 3.8) is 0 Å². The molecular formula is C10H9N3O2. The summed E-state index contributed by atoms with van der Waals surface area (Å²) in [5.41, 5.74) is 1.37. The van der Waals surface area contributed by atoms with Crippen LogP contribution in [0.1, 0.15) is 5.69 Å². The summed E-state index contributed by atoms with van der Waals surface area (Å²) in [6.45, 7) is 0. The minimum absolute atomic E-state index is 0.401. The van der Waals surface area contributed by atoms with E-state index in [9.17, 15) is 4.79 Å². The van der Waals surface area contributed by atoms with Gasteiger partial charge < -0.3 is 4.74 Å². The third kappa shape index (κ3) is 1.85. The largest absolute Gasteiger partial charge is 0.466 e. The molecule has 0 aliphatic carbocycles. The van der Waals surface area contributed by atoms with Gasteiger partial charge in [0.15, 0.2) is 5.65 Å². The van der Waals surface area contributed by atoms with E-state index >= 15 is 0 Å². The van der Waals surface area contributed by atoms with E-state index in [4.69, 9.17) is 0 Å². The van der Waals surface area contributed by atoms with Crippen molar-refractivity contribution in [1.82, 2.24) is 15.2 Å². The van der Waals surface area contributed by atoms with Crippen LogP contribution in [0.5, 0.6) is 0 Å². The first-order chi connectivity index (χ1) is 7.31. The van der Waals surface area contributed by atoms with Crippen molar-refractivity contribution >= 4 is 23.1 Å². The van der Waals surface area contributed by atoms with Crippen LogP contribution >= 0.6 is 0 Å². The Morgan fingerprint density at radius 2 is 2.47 bits per heavy atom. The predicted molar refractivity (Wildman–Crippen MR) is 54.9 cm³/mol. The highest BCUT2D eigenvalue weighted by molar-refractivity contribution is 5.91. The van der Waals surface area contributed by atoms with E-state index in [0.29, 0.717) is 5.65 Å². The Morgan fingerprint density at radius 3 is 3.27 bits per heavy atom. The number of rotatable bonds is 2. The van der Waals surface area contributed by atoms with E-state index in [0.717, 1.165) is 11.1 Å². The lowest BCUT2D eigenvalue weighted by molar-refractivity contribution is -0.134. The van der Waals surface area contributed by atoms with Gasteiger partial charge in [-0.05, 0) is 18.2 Å². The van der Waals surface area contributed by atoms with Crippen LogP contribution in [0.2, 0.25) is 0 Å². The maximum Gasteiger partial charge on any atom is 0.330 e. The van der Waals surface area contributed by atoms with Gasteiger partial charge in [0.1, 0.15) is 0 Å². The maximum atomic E-state index is 10.9. The summed E-state index contributed by atoms with van der Waals surface area (Å²) in [7, 11) is 1.33. The van der Waals surface area contributed by atoms with Crippen molar-refractivity contribution in [3.8, 4) is 0 Å². The van der Waals surface area contributed by atoms with Crippen molar-refractivity contribution in [3.05, 3.63) is 30.1 Å². The van der Waals surface area contributed by atoms with Crippen LogP contribution < -0.4 is 0 Å². The molecule has 0 saturated heterocycles. The molecule has 5 nitrogen and oxygen atoms in total. The number of nitrogens with one attached hydrogen (secondary N) is 1. The summed E-state index contributed by atoms with van der Waals surface area (Å²) in [6.07, 6.45) is 4.61. The Morgan fingerprint density at radius 1 is 1.60 bits per heavy atom. The molecule has 0 unspecified atom stereocenters. The molecule has 0 saturated carbocycles. The molecular weight excluding hydrogens is 194 g/mol. The molecule has 0 bridgehead atoms. The molecule has 15 heavy (non-hydrogen) atoms. The van der Waals surface area contributed by atoms with Gasteiger partial charge in [-0.2, -0.15) is 5.10 Å². The molecule has 0 aromatic carbocycles. The standard InChI is InChI=1S/C10H9N3O2/c1-15-9(14)5-4-8-7-3-2-6-11-10(7)13-12-8/h2-6H,1H3,(H,11,12,13). The van der Waals surface area contributed by atoms with Crippen LogP contribution in [0.15, 0.2) is 24.4 Å². The maximum absolute atomic E-state index is 10.9. The zero-order valence-electron chi connectivity index (χ0n) is 8.10. The molecule has 0 radical (unpaired) electrons. The van der Waals surface area contributed by atoms with Crippen molar-refractivity contribution < 1.29 is 9.53 Å². The van der Waals surface area contributed by atoms with Crippen molar-refractivity contribution in [1.29, 1.82) is 0 Å². The number of H-pyrrole nitrogens is 1. The van der Waals surface area contributed by atoms with Gasteiger partial charge in [0.2, 0.25) is 0 Å². The first-order valence-corrected chi connectivity index (χ1v) is 4.36. The Balaban J connectivity index is 2.36. The Hall–Kier alpha value is -2.17. The van der Waals surface area contributed by atoms with E-state index in [1.807, 2.05) is 12.1 Å². The number of carbonyl (C=O) groups is 1. The van der Waals surface area contributed by atoms with Gasteiger partial charge in [-0.1, -0.05) is 0 Å². The molecule has 5 heteroatoms. The van der Waals surface area contributed by atoms with Gasteiger partial charge in [0.25, 0.3) is 0 Å². The quantitative estimate of drug-likeness (QED) is 0.587. The lowest BCUT2D eigenvalue weighted by Crippen LogP contribution is -1.93. The predicted octanol–water partition coefficient (Wildman–Crippen LogP) is 1.14. The normalized spacial score (nSPS) is 11.0. The molecule has 0 atom stereocenters. The molecule has 2 aromatic rings. The zero-order valence-corrected chi connectivity index (χ0v) is 8.10. The zero-order chi connectivity index (χ0) is 10.7. The van der Waals surface area contributed by atoms with Crippen molar-refractivity contribution in [2.24, 2.45) is 0 Å². The highest BCUT2D eigenvalue weighted by atomic mass is 16.5. The van der Waals surface area contributed by atoms with E-state index in [-0.39, 0.29) is 0 Å². The lowest BCUT2D eigenvalue weighted by atomic mass is 10.2. The molecule has 0 spiro atoms. The highest BCUT2D eigenvalue weighted by Gasteiger charge is 2.02. The fourth-order valence-electron chi connectivity index (χ4n) is 1.22. The molecule has 2 heterocycles. The lowest BCUT2D eigenvalue weighted by Gasteiger charge is -1.90. The van der Waals surface area contributed by atoms with Crippen molar-refractivity contribution in [2.45, 2.75) is 0 Å². The monoisotopic (exact) mass is 203 g/mol. The number of hydrogen-bond acceptors (Lipinski definition) is 4. The van der Waals surface area contributed by atoms with Gasteiger partial charge in [-0.15, -0.1) is 0 Å². The summed E-state index contributed by atoms with van der Waals surface area (Å²) < 4.78 is 4.48. The Labute approximate surface area is 85.8 Å². The first-order valence-electron chi connectivity index (χ1n) is 4.36. The van der Waals surface area contributed by atoms with E-state index in [1.54, 1.807) is 12.3 Å². The Kier molecular flexibility index (Phi) is 2.45. The number of pyridine rings is 1. The molecule has 2 aromatic heterocycles. The summed E-state index contributed by atoms with van der Waals surface area (Å²) >= 11 is 0. The number of aromatic amines is 1. The molecule has 0 fully saturated rings. The summed E-state index contributed by atoms with van der Waals surface area (Å²) in [5, 5.41) is 7.64. The molecule has 1 N–H and O–H groups in total. The number of nitrogens with zero attached hydrogens (tertiary/aromatic N) is 2. The highest BCUT2D eigenvalue weighted by Crippen LogP contribution is 2.13. The summed E-state index contributed by atoms with van der Waals surface area (Å²) in [5.74, 6) is -0.401. The van der Waals surface area contributed by atoms with Crippen molar-refractivity contribution in [2.75, 3.05) is 7.11 Å². The third-order valence-corrected chi connectivity index (χ3v) is 1.95. The van der Waals surface area contributed by atoms with Gasteiger partial charge in [0.05, 0.1) is 12.8 Å². The van der Waals surface area contributed by atoms with Crippen LogP contribution in [-0.4, -0.2) is 28.3 Å². The van der Waals surface area contributed by atoms with E-state index in [2.05, 4.69) is 19.9 Å². The van der Waals surface area contributed by atoms with Gasteiger partial charge >= 0.3 is 5.97 Å². The summed E-state index contributed by atoms with van der Waals surface area (Å²) in [6, 6.07) is 3.69. The third-order valence-electron chi connectivity index (χ3n) is 1.95. The first kappa shape index (κ1) is 9.39. The smallest absolute Gasteiger partial charge is 0.330 e. The van der Waals surface area contributed by atoms with Gasteiger partial charge in [0, 0.05) is 17.7 Å². The summed E-state index contributed by atoms with van der Waals surface area (Å²) in [4.78, 5) is 14.9. The SMILES string of the molecule is COC(=O)C=Cc1[nH]nc2ncccc12. The number of fused-ring (bicyclic) bond motifs is 1. The minimum atomic E-state index is -0.401. The molecule has 0 amide bonds. The Bertz CT molecular complexity index is 516. The van der Waals surface area contributed by atoms with Crippen LogP contribution in [0.4, 0.5) is 0 Å². The number of hydrogen-bond donors (Lipinski definition) is 1. The van der Waals surface area contributed by atoms with Crippen LogP contribution in [0.25, 0.3) is 17.1 Å². The number of methoxy groups -OCH3 is 1. The van der Waals surface area contributed by atoms with Crippen LogP contribution in [-0.2, 0) is 9.53 Å². The number of esters is 1. The average Bonchev–Trinajstić information content (AvgIpc) is 2.69. The average molecular weight is 203 g/mol.